The molecule has 0 radical (unpaired) electrons. The molecule has 1 saturated heterocycles. The van der Waals surface area contributed by atoms with Gasteiger partial charge in [-0.3, -0.25) is 9.69 Å². The first-order valence-electron chi connectivity index (χ1n) is 10.7. The minimum atomic E-state index is -0.207. The summed E-state index contributed by atoms with van der Waals surface area (Å²) < 4.78 is 21.3. The molecule has 1 aliphatic heterocycles. The second kappa shape index (κ2) is 10.2. The lowest BCUT2D eigenvalue weighted by Gasteiger charge is -2.29. The van der Waals surface area contributed by atoms with E-state index in [1.165, 1.54) is 11.8 Å². The zero-order valence-electron chi connectivity index (χ0n) is 18.6. The van der Waals surface area contributed by atoms with Crippen molar-refractivity contribution in [2.45, 2.75) is 26.3 Å². The Labute approximate surface area is 179 Å². The van der Waals surface area contributed by atoms with Crippen molar-refractivity contribution in [3.8, 4) is 0 Å². The Kier molecular flexibility index (Phi) is 7.67. The van der Waals surface area contributed by atoms with Gasteiger partial charge in [0.2, 0.25) is 5.91 Å². The number of ether oxygens (including phenoxy) is 1. The number of carbonyl (C=O) groups is 1. The lowest BCUT2D eigenvalue weighted by Crippen LogP contribution is -2.41. The highest BCUT2D eigenvalue weighted by Crippen LogP contribution is 2.34. The van der Waals surface area contributed by atoms with Gasteiger partial charge in [-0.15, -0.1) is 0 Å². The average Bonchev–Trinajstić information content (AvgIpc) is 3.30. The molecule has 6 heteroatoms. The molecule has 0 spiro atoms. The minimum Gasteiger partial charge on any atom is -0.383 e. The molecule has 5 nitrogen and oxygen atoms in total. The van der Waals surface area contributed by atoms with Gasteiger partial charge in [-0.2, -0.15) is 0 Å². The highest BCUT2D eigenvalue weighted by atomic mass is 19.1. The van der Waals surface area contributed by atoms with Gasteiger partial charge in [-0.05, 0) is 35.7 Å². The normalized spacial score (nSPS) is 19.5. The van der Waals surface area contributed by atoms with Crippen molar-refractivity contribution < 1.29 is 13.9 Å². The van der Waals surface area contributed by atoms with Crippen LogP contribution < -0.4 is 0 Å². The van der Waals surface area contributed by atoms with Gasteiger partial charge in [0, 0.05) is 70.6 Å². The second-order valence-electron chi connectivity index (χ2n) is 8.66. The van der Waals surface area contributed by atoms with Crippen LogP contribution in [0.25, 0.3) is 0 Å². The van der Waals surface area contributed by atoms with Gasteiger partial charge in [-0.25, -0.2) is 4.39 Å². The highest BCUT2D eigenvalue weighted by Gasteiger charge is 2.36. The molecule has 2 aromatic rings. The van der Waals surface area contributed by atoms with E-state index in [0.29, 0.717) is 19.7 Å². The molecule has 0 bridgehead atoms. The van der Waals surface area contributed by atoms with Gasteiger partial charge < -0.3 is 14.2 Å². The minimum absolute atomic E-state index is 0.0599. The maximum Gasteiger partial charge on any atom is 0.225 e. The van der Waals surface area contributed by atoms with Gasteiger partial charge >= 0.3 is 0 Å². The Balaban J connectivity index is 1.81. The maximum absolute atomic E-state index is 14.0. The van der Waals surface area contributed by atoms with Crippen LogP contribution in [0.3, 0.4) is 0 Å². The van der Waals surface area contributed by atoms with Crippen LogP contribution in [-0.2, 0) is 23.1 Å². The largest absolute Gasteiger partial charge is 0.383 e. The van der Waals surface area contributed by atoms with E-state index in [1.807, 2.05) is 24.8 Å². The molecule has 164 valence electrons. The van der Waals surface area contributed by atoms with Crippen LogP contribution in [0.1, 0.15) is 31.0 Å². The van der Waals surface area contributed by atoms with Crippen molar-refractivity contribution in [2.24, 2.45) is 18.9 Å². The van der Waals surface area contributed by atoms with Crippen LogP contribution in [0.4, 0.5) is 4.39 Å². The first kappa shape index (κ1) is 22.5. The molecular formula is C24H34FN3O2. The fourth-order valence-corrected chi connectivity index (χ4v) is 4.42. The van der Waals surface area contributed by atoms with E-state index in [9.17, 15) is 9.18 Å². The number of rotatable bonds is 9. The third-order valence-electron chi connectivity index (χ3n) is 6.06. The predicted octanol–water partition coefficient (Wildman–Crippen LogP) is 3.51. The second-order valence-corrected chi connectivity index (χ2v) is 8.66. The lowest BCUT2D eigenvalue weighted by atomic mass is 9.88. The first-order chi connectivity index (χ1) is 14.4. The number of halogens is 1. The maximum atomic E-state index is 14.0. The topological polar surface area (TPSA) is 37.7 Å². The van der Waals surface area contributed by atoms with E-state index >= 15 is 0 Å². The van der Waals surface area contributed by atoms with Crippen LogP contribution in [0, 0.1) is 17.7 Å². The van der Waals surface area contributed by atoms with Crippen molar-refractivity contribution in [1.82, 2.24) is 14.4 Å². The summed E-state index contributed by atoms with van der Waals surface area (Å²) in [7, 11) is 3.71. The summed E-state index contributed by atoms with van der Waals surface area (Å²) in [5.74, 6) is 0.306. The Morgan fingerprint density at radius 1 is 1.27 bits per heavy atom. The summed E-state index contributed by atoms with van der Waals surface area (Å²) in [5.41, 5.74) is 2.27. The fraction of sp³-hybridized carbons (Fsp3) is 0.542. The van der Waals surface area contributed by atoms with Gasteiger partial charge in [0.05, 0.1) is 6.61 Å². The van der Waals surface area contributed by atoms with E-state index in [-0.39, 0.29) is 29.5 Å². The molecule has 0 unspecified atom stereocenters. The van der Waals surface area contributed by atoms with E-state index in [2.05, 4.69) is 34.8 Å². The smallest absolute Gasteiger partial charge is 0.225 e. The SMILES string of the molecule is COCCN(C[C@H]1CN(Cc2cccn2C)C[C@@H]1c1cccc(F)c1)C(=O)C(C)C. The lowest BCUT2D eigenvalue weighted by molar-refractivity contribution is -0.135. The number of methoxy groups -OCH3 is 1. The summed E-state index contributed by atoms with van der Waals surface area (Å²) in [6, 6.07) is 11.1. The standard InChI is InChI=1S/C24H34FN3O2/c1-18(2)24(29)28(11-12-30-4)15-20-14-27(16-22-9-6-10-26(22)3)17-23(20)19-7-5-8-21(25)13-19/h5-10,13,18,20,23H,11-12,14-17H2,1-4H3/t20-,23-/m1/s1. The number of benzene rings is 1. The molecule has 0 N–H and O–H groups in total. The zero-order valence-corrected chi connectivity index (χ0v) is 18.6. The molecule has 1 aromatic heterocycles. The predicted molar refractivity (Wildman–Crippen MR) is 117 cm³/mol. The van der Waals surface area contributed by atoms with Crippen LogP contribution in [0.15, 0.2) is 42.6 Å². The molecular weight excluding hydrogens is 381 g/mol. The molecule has 0 aliphatic carbocycles. The Morgan fingerprint density at radius 3 is 2.70 bits per heavy atom. The number of carbonyl (C=O) groups excluding carboxylic acids is 1. The van der Waals surface area contributed by atoms with Crippen molar-refractivity contribution in [3.63, 3.8) is 0 Å². The molecule has 0 saturated carbocycles. The first-order valence-corrected chi connectivity index (χ1v) is 10.7. The molecule has 1 aromatic carbocycles. The number of likely N-dealkylation sites (tertiary alicyclic amines) is 1. The van der Waals surface area contributed by atoms with Gasteiger partial charge in [0.1, 0.15) is 5.82 Å². The number of hydrogen-bond acceptors (Lipinski definition) is 3. The van der Waals surface area contributed by atoms with Gasteiger partial charge in [0.25, 0.3) is 0 Å². The van der Waals surface area contributed by atoms with Crippen LogP contribution in [0.2, 0.25) is 0 Å². The zero-order chi connectivity index (χ0) is 21.7. The average molecular weight is 416 g/mol. The molecule has 1 aliphatic rings. The molecule has 2 heterocycles. The Morgan fingerprint density at radius 2 is 2.07 bits per heavy atom. The molecule has 2 atom stereocenters. The quantitative estimate of drug-likeness (QED) is 0.629. The van der Waals surface area contributed by atoms with E-state index in [0.717, 1.165) is 25.2 Å². The number of aromatic nitrogens is 1. The van der Waals surface area contributed by atoms with Crippen molar-refractivity contribution >= 4 is 5.91 Å². The van der Waals surface area contributed by atoms with E-state index in [4.69, 9.17) is 4.74 Å². The van der Waals surface area contributed by atoms with Crippen molar-refractivity contribution in [3.05, 3.63) is 59.7 Å². The fourth-order valence-electron chi connectivity index (χ4n) is 4.42. The third kappa shape index (κ3) is 5.49. The van der Waals surface area contributed by atoms with Gasteiger partial charge in [0.15, 0.2) is 0 Å². The molecule has 1 amide bonds. The van der Waals surface area contributed by atoms with Crippen LogP contribution >= 0.6 is 0 Å². The summed E-state index contributed by atoms with van der Waals surface area (Å²) in [4.78, 5) is 17.2. The number of nitrogens with zero attached hydrogens (tertiary/aromatic N) is 3. The molecule has 3 rings (SSSR count). The summed E-state index contributed by atoms with van der Waals surface area (Å²) in [6.07, 6.45) is 2.06. The van der Waals surface area contributed by atoms with E-state index < -0.39 is 0 Å². The van der Waals surface area contributed by atoms with Crippen molar-refractivity contribution in [1.29, 1.82) is 0 Å². The number of amides is 1. The monoisotopic (exact) mass is 415 g/mol. The summed E-state index contributed by atoms with van der Waals surface area (Å²) >= 11 is 0. The summed E-state index contributed by atoms with van der Waals surface area (Å²) in [5, 5.41) is 0. The Bertz CT molecular complexity index is 835. The molecule has 30 heavy (non-hydrogen) atoms. The number of aryl methyl sites for hydroxylation is 1. The van der Waals surface area contributed by atoms with Crippen LogP contribution in [0.5, 0.6) is 0 Å². The Hall–Kier alpha value is -2.18. The highest BCUT2D eigenvalue weighted by molar-refractivity contribution is 5.78. The third-order valence-corrected chi connectivity index (χ3v) is 6.06. The van der Waals surface area contributed by atoms with E-state index in [1.54, 1.807) is 19.2 Å². The van der Waals surface area contributed by atoms with Crippen molar-refractivity contribution in [2.75, 3.05) is 39.9 Å². The summed E-state index contributed by atoms with van der Waals surface area (Å²) in [6.45, 7) is 8.20. The van der Waals surface area contributed by atoms with Crippen LogP contribution in [-0.4, -0.2) is 60.2 Å². The molecule has 1 fully saturated rings. The number of hydrogen-bond donors (Lipinski definition) is 0. The van der Waals surface area contributed by atoms with Gasteiger partial charge in [-0.1, -0.05) is 26.0 Å².